The van der Waals surface area contributed by atoms with Crippen LogP contribution >= 0.6 is 11.3 Å². The highest BCUT2D eigenvalue weighted by Gasteiger charge is 2.19. The Morgan fingerprint density at radius 2 is 2.19 bits per heavy atom. The van der Waals surface area contributed by atoms with Crippen LogP contribution in [0.2, 0.25) is 0 Å². The summed E-state index contributed by atoms with van der Waals surface area (Å²) in [5, 5.41) is 3.49. The van der Waals surface area contributed by atoms with Crippen LogP contribution in [-0.2, 0) is 11.3 Å². The van der Waals surface area contributed by atoms with Gasteiger partial charge in [-0.3, -0.25) is 15.0 Å². The lowest BCUT2D eigenvalue weighted by Crippen LogP contribution is -2.36. The molecule has 0 spiro atoms. The number of hydrogen-bond donors (Lipinski definition) is 1. The molecule has 1 atom stereocenters. The first kappa shape index (κ1) is 18.6. The van der Waals surface area contributed by atoms with Crippen LogP contribution in [0.1, 0.15) is 36.6 Å². The molecule has 1 fully saturated rings. The number of benzene rings is 1. The maximum absolute atomic E-state index is 12.1. The molecule has 0 aliphatic carbocycles. The molecule has 1 aliphatic rings. The number of thiazole rings is 1. The van der Waals surface area contributed by atoms with E-state index >= 15 is 0 Å². The van der Waals surface area contributed by atoms with Crippen molar-refractivity contribution in [3.05, 3.63) is 47.0 Å². The van der Waals surface area contributed by atoms with Crippen molar-refractivity contribution in [2.24, 2.45) is 0 Å². The molecule has 0 saturated carbocycles. The number of likely N-dealkylation sites (tertiary alicyclic amines) is 1. The van der Waals surface area contributed by atoms with Gasteiger partial charge in [0.25, 0.3) is 0 Å². The number of ether oxygens (including phenoxy) is 1. The summed E-state index contributed by atoms with van der Waals surface area (Å²) in [6.07, 6.45) is 9.02. The average Bonchev–Trinajstić information content (AvgIpc) is 3.09. The molecule has 138 valence electrons. The summed E-state index contributed by atoms with van der Waals surface area (Å²) in [5.41, 5.74) is 0.944. The molecule has 1 N–H and O–H groups in total. The van der Waals surface area contributed by atoms with E-state index in [4.69, 9.17) is 4.74 Å². The van der Waals surface area contributed by atoms with Crippen molar-refractivity contribution < 1.29 is 9.53 Å². The number of amides is 1. The predicted molar refractivity (Wildman–Crippen MR) is 106 cm³/mol. The Hall–Kier alpha value is -2.18. The molecule has 26 heavy (non-hydrogen) atoms. The molecule has 3 rings (SSSR count). The highest BCUT2D eigenvalue weighted by molar-refractivity contribution is 7.15. The van der Waals surface area contributed by atoms with Crippen LogP contribution < -0.4 is 10.1 Å². The Morgan fingerprint density at radius 3 is 2.92 bits per heavy atom. The molecule has 1 unspecified atom stereocenters. The molecule has 1 saturated heterocycles. The van der Waals surface area contributed by atoms with Gasteiger partial charge >= 0.3 is 0 Å². The van der Waals surface area contributed by atoms with Crippen molar-refractivity contribution in [1.82, 2.24) is 9.88 Å². The molecule has 1 aromatic carbocycles. The van der Waals surface area contributed by atoms with E-state index in [1.165, 1.54) is 30.2 Å². The number of anilines is 1. The van der Waals surface area contributed by atoms with Gasteiger partial charge in [-0.15, -0.1) is 11.3 Å². The summed E-state index contributed by atoms with van der Waals surface area (Å²) in [6, 6.07) is 8.17. The third kappa shape index (κ3) is 5.16. The maximum Gasteiger partial charge on any atom is 0.250 e. The molecule has 1 aromatic heterocycles. The van der Waals surface area contributed by atoms with Crippen molar-refractivity contribution in [2.45, 2.75) is 38.8 Å². The van der Waals surface area contributed by atoms with Crippen LogP contribution in [0.25, 0.3) is 6.08 Å². The number of aromatic nitrogens is 1. The summed E-state index contributed by atoms with van der Waals surface area (Å²) in [6.45, 7) is 4.34. The second kappa shape index (κ2) is 8.96. The number of rotatable bonds is 6. The summed E-state index contributed by atoms with van der Waals surface area (Å²) in [5.74, 6) is 0.623. The zero-order chi connectivity index (χ0) is 18.4. The topological polar surface area (TPSA) is 54.5 Å². The monoisotopic (exact) mass is 371 g/mol. The van der Waals surface area contributed by atoms with E-state index in [1.54, 1.807) is 24.5 Å². The van der Waals surface area contributed by atoms with E-state index in [-0.39, 0.29) is 5.91 Å². The van der Waals surface area contributed by atoms with Crippen molar-refractivity contribution >= 4 is 28.5 Å². The molecule has 1 amide bonds. The zero-order valence-electron chi connectivity index (χ0n) is 15.3. The van der Waals surface area contributed by atoms with Crippen LogP contribution in [0.4, 0.5) is 5.13 Å². The van der Waals surface area contributed by atoms with Crippen molar-refractivity contribution in [3.63, 3.8) is 0 Å². The quantitative estimate of drug-likeness (QED) is 0.774. The molecule has 0 bridgehead atoms. The number of nitrogens with one attached hydrogen (secondary N) is 1. The Balaban J connectivity index is 1.52. The van der Waals surface area contributed by atoms with Gasteiger partial charge < -0.3 is 4.74 Å². The van der Waals surface area contributed by atoms with Gasteiger partial charge in [-0.1, -0.05) is 18.6 Å². The smallest absolute Gasteiger partial charge is 0.250 e. The van der Waals surface area contributed by atoms with Crippen LogP contribution in [0.3, 0.4) is 0 Å². The van der Waals surface area contributed by atoms with Gasteiger partial charge in [-0.25, -0.2) is 4.98 Å². The van der Waals surface area contributed by atoms with E-state index in [0.717, 1.165) is 24.4 Å². The van der Waals surface area contributed by atoms with Crippen LogP contribution in [-0.4, -0.2) is 35.5 Å². The third-order valence-corrected chi connectivity index (χ3v) is 5.52. The molecule has 0 radical (unpaired) electrons. The average molecular weight is 372 g/mol. The fraction of sp³-hybridized carbons (Fsp3) is 0.400. The van der Waals surface area contributed by atoms with Crippen LogP contribution in [0.5, 0.6) is 5.75 Å². The third-order valence-electron chi connectivity index (χ3n) is 4.63. The molecule has 2 aromatic rings. The molecule has 6 heteroatoms. The largest absolute Gasteiger partial charge is 0.497 e. The molecular weight excluding hydrogens is 346 g/mol. The van der Waals surface area contributed by atoms with Crippen molar-refractivity contribution in [1.29, 1.82) is 0 Å². The highest BCUT2D eigenvalue weighted by Crippen LogP contribution is 2.24. The lowest BCUT2D eigenvalue weighted by molar-refractivity contribution is -0.111. The maximum atomic E-state index is 12.1. The molecular formula is C20H25N3O2S. The molecule has 1 aliphatic heterocycles. The van der Waals surface area contributed by atoms with Gasteiger partial charge in [-0.05, 0) is 50.1 Å². The minimum absolute atomic E-state index is 0.173. The first-order valence-electron chi connectivity index (χ1n) is 8.96. The van der Waals surface area contributed by atoms with E-state index in [2.05, 4.69) is 22.1 Å². The Bertz CT molecular complexity index is 755. The first-order chi connectivity index (χ1) is 12.6. The summed E-state index contributed by atoms with van der Waals surface area (Å²) < 4.78 is 5.12. The number of carbonyl (C=O) groups excluding carboxylic acids is 1. The summed E-state index contributed by atoms with van der Waals surface area (Å²) in [7, 11) is 1.63. The number of hydrogen-bond acceptors (Lipinski definition) is 5. The fourth-order valence-electron chi connectivity index (χ4n) is 3.07. The number of methoxy groups -OCH3 is 1. The Labute approximate surface area is 158 Å². The van der Waals surface area contributed by atoms with Gasteiger partial charge in [0.15, 0.2) is 5.13 Å². The van der Waals surface area contributed by atoms with Crippen LogP contribution in [0.15, 0.2) is 36.5 Å². The van der Waals surface area contributed by atoms with Crippen molar-refractivity contribution in [3.8, 4) is 5.75 Å². The van der Waals surface area contributed by atoms with E-state index in [0.29, 0.717) is 11.2 Å². The van der Waals surface area contributed by atoms with Crippen molar-refractivity contribution in [2.75, 3.05) is 19.0 Å². The zero-order valence-corrected chi connectivity index (χ0v) is 16.1. The summed E-state index contributed by atoms with van der Waals surface area (Å²) >= 11 is 1.55. The van der Waals surface area contributed by atoms with Gasteiger partial charge in [-0.2, -0.15) is 0 Å². The minimum Gasteiger partial charge on any atom is -0.497 e. The lowest BCUT2D eigenvalue weighted by atomic mass is 10.0. The second-order valence-electron chi connectivity index (χ2n) is 6.54. The number of nitrogens with zero attached hydrogens (tertiary/aromatic N) is 2. The van der Waals surface area contributed by atoms with Gasteiger partial charge in [0.1, 0.15) is 5.75 Å². The second-order valence-corrected chi connectivity index (χ2v) is 7.66. The Morgan fingerprint density at radius 1 is 1.38 bits per heavy atom. The standard InChI is InChI=1S/C20H25N3O2S/c1-15-5-3-4-12-23(15)14-18-13-21-20(26-18)22-19(24)11-8-16-6-9-17(25-2)10-7-16/h6-11,13,15H,3-5,12,14H2,1-2H3,(H,21,22,24)/b11-8+. The summed E-state index contributed by atoms with van der Waals surface area (Å²) in [4.78, 5) is 20.1. The SMILES string of the molecule is COc1ccc(/C=C/C(=O)Nc2ncc(CN3CCCCC3C)s2)cc1. The van der Waals surface area contributed by atoms with E-state index in [9.17, 15) is 4.79 Å². The number of carbonyl (C=O) groups is 1. The van der Waals surface area contributed by atoms with Gasteiger partial charge in [0.2, 0.25) is 5.91 Å². The fourth-order valence-corrected chi connectivity index (χ4v) is 3.91. The first-order valence-corrected chi connectivity index (χ1v) is 9.77. The van der Waals surface area contributed by atoms with Crippen LogP contribution in [0, 0.1) is 0 Å². The lowest BCUT2D eigenvalue weighted by Gasteiger charge is -2.32. The molecule has 2 heterocycles. The Kier molecular flexibility index (Phi) is 6.41. The van der Waals surface area contributed by atoms with Gasteiger partial charge in [0.05, 0.1) is 7.11 Å². The normalized spacial score (nSPS) is 18.2. The molecule has 5 nitrogen and oxygen atoms in total. The predicted octanol–water partition coefficient (Wildman–Crippen LogP) is 4.18. The van der Waals surface area contributed by atoms with E-state index < -0.39 is 0 Å². The number of piperidine rings is 1. The van der Waals surface area contributed by atoms with E-state index in [1.807, 2.05) is 30.5 Å². The minimum atomic E-state index is -0.173. The van der Waals surface area contributed by atoms with Gasteiger partial charge in [0, 0.05) is 29.7 Å². The highest BCUT2D eigenvalue weighted by atomic mass is 32.1.